The number of fused-ring (bicyclic) bond motifs is 1. The van der Waals surface area contributed by atoms with E-state index in [0.29, 0.717) is 34.3 Å². The number of benzene rings is 2. The summed E-state index contributed by atoms with van der Waals surface area (Å²) in [7, 11) is 0. The summed E-state index contributed by atoms with van der Waals surface area (Å²) in [5.41, 5.74) is -0.641. The molecule has 2 unspecified atom stereocenters. The molecule has 0 radical (unpaired) electrons. The smallest absolute Gasteiger partial charge is 0.333 e. The van der Waals surface area contributed by atoms with Crippen LogP contribution in [0.5, 0.6) is 0 Å². The predicted molar refractivity (Wildman–Crippen MR) is 142 cm³/mol. The first-order valence-corrected chi connectivity index (χ1v) is 13.2. The minimum atomic E-state index is -1.97. The van der Waals surface area contributed by atoms with E-state index in [0.717, 1.165) is 5.56 Å². The number of carbonyl (C=O) groups excluding carboxylic acids is 3. The highest BCUT2D eigenvalue weighted by Crippen LogP contribution is 2.45. The van der Waals surface area contributed by atoms with Gasteiger partial charge < -0.3 is 19.5 Å². The molecule has 0 fully saturated rings. The first-order chi connectivity index (χ1) is 17.7. The lowest BCUT2D eigenvalue weighted by atomic mass is 9.73. The average molecular weight is 568 g/mol. The monoisotopic (exact) mass is 567 g/mol. The molecule has 2 atom stereocenters. The standard InChI is InChI=1S/C29H30BrNO6/c1-3-36-25(32)21-12-14-28(15-13-21,27(34)37-4-2)16-17-29(35)23-18-22(30)10-11-24(23)31(26(29)33)19-20-8-6-5-7-9-20/h5-12,16-18,35H,3-4,13-15,19H2,1-2H3/b17-16+. The number of anilines is 1. The van der Waals surface area contributed by atoms with Gasteiger partial charge in [0.05, 0.1) is 30.9 Å². The summed E-state index contributed by atoms with van der Waals surface area (Å²) in [5.74, 6) is -1.36. The number of esters is 2. The number of halogens is 1. The zero-order valence-corrected chi connectivity index (χ0v) is 22.5. The maximum absolute atomic E-state index is 13.7. The number of hydrogen-bond donors (Lipinski definition) is 1. The number of nitrogens with zero attached hydrogens (tertiary/aromatic N) is 1. The van der Waals surface area contributed by atoms with E-state index in [1.807, 2.05) is 36.4 Å². The normalized spacial score (nSPS) is 23.1. The summed E-state index contributed by atoms with van der Waals surface area (Å²) in [6, 6.07) is 14.9. The van der Waals surface area contributed by atoms with Gasteiger partial charge in [0.2, 0.25) is 0 Å². The Labute approximate surface area is 224 Å². The molecule has 2 aromatic carbocycles. The SMILES string of the molecule is CCOC(=O)C1=CCC(/C=C/C2(O)C(=O)N(Cc3ccccc3)c3ccc(Br)cc32)(C(=O)OCC)CC1. The molecule has 37 heavy (non-hydrogen) atoms. The van der Waals surface area contributed by atoms with Crippen LogP contribution < -0.4 is 4.90 Å². The van der Waals surface area contributed by atoms with Gasteiger partial charge in [-0.15, -0.1) is 0 Å². The summed E-state index contributed by atoms with van der Waals surface area (Å²) in [6.07, 6.45) is 5.48. The molecule has 2 aromatic rings. The highest BCUT2D eigenvalue weighted by atomic mass is 79.9. The van der Waals surface area contributed by atoms with Crippen LogP contribution in [-0.4, -0.2) is 36.2 Å². The number of amides is 1. The van der Waals surface area contributed by atoms with E-state index in [1.54, 1.807) is 43.0 Å². The highest BCUT2D eigenvalue weighted by Gasteiger charge is 2.49. The fraction of sp³-hybridized carbons (Fsp3) is 0.345. The Morgan fingerprint density at radius 2 is 1.81 bits per heavy atom. The third kappa shape index (κ3) is 5.26. The Morgan fingerprint density at radius 1 is 1.08 bits per heavy atom. The van der Waals surface area contributed by atoms with E-state index in [2.05, 4.69) is 15.9 Å². The van der Waals surface area contributed by atoms with Crippen molar-refractivity contribution < 1.29 is 29.0 Å². The Kier molecular flexibility index (Phi) is 7.99. The molecule has 1 heterocycles. The van der Waals surface area contributed by atoms with Crippen LogP contribution in [0.2, 0.25) is 0 Å². The lowest BCUT2D eigenvalue weighted by Gasteiger charge is -2.32. The van der Waals surface area contributed by atoms with Gasteiger partial charge in [-0.2, -0.15) is 0 Å². The topological polar surface area (TPSA) is 93.1 Å². The Bertz CT molecular complexity index is 1260. The largest absolute Gasteiger partial charge is 0.465 e. The van der Waals surface area contributed by atoms with E-state index in [4.69, 9.17) is 9.47 Å². The molecule has 4 rings (SSSR count). The molecule has 0 spiro atoms. The molecule has 7 nitrogen and oxygen atoms in total. The van der Waals surface area contributed by atoms with Gasteiger partial charge >= 0.3 is 11.9 Å². The van der Waals surface area contributed by atoms with Crippen LogP contribution in [0.15, 0.2) is 76.8 Å². The highest BCUT2D eigenvalue weighted by molar-refractivity contribution is 9.10. The molecule has 1 aliphatic heterocycles. The molecule has 0 saturated carbocycles. The number of aliphatic hydroxyl groups is 1. The van der Waals surface area contributed by atoms with Gasteiger partial charge in [0.15, 0.2) is 5.60 Å². The van der Waals surface area contributed by atoms with Crippen LogP contribution in [0, 0.1) is 5.41 Å². The molecular formula is C29H30BrNO6. The van der Waals surface area contributed by atoms with Crippen molar-refractivity contribution in [2.75, 3.05) is 18.1 Å². The van der Waals surface area contributed by atoms with E-state index in [1.165, 1.54) is 6.08 Å². The van der Waals surface area contributed by atoms with Crippen LogP contribution in [-0.2, 0) is 36.0 Å². The van der Waals surface area contributed by atoms with Gasteiger partial charge in [-0.1, -0.05) is 58.4 Å². The van der Waals surface area contributed by atoms with Gasteiger partial charge in [-0.05, 0) is 62.9 Å². The second-order valence-electron chi connectivity index (χ2n) is 9.17. The number of carbonyl (C=O) groups is 3. The summed E-state index contributed by atoms with van der Waals surface area (Å²) in [5, 5.41) is 11.8. The Morgan fingerprint density at radius 3 is 2.46 bits per heavy atom. The molecule has 1 aliphatic carbocycles. The number of allylic oxidation sites excluding steroid dienone is 1. The van der Waals surface area contributed by atoms with Gasteiger partial charge in [0.25, 0.3) is 5.91 Å². The van der Waals surface area contributed by atoms with Gasteiger partial charge in [0.1, 0.15) is 0 Å². The molecule has 0 saturated heterocycles. The fourth-order valence-electron chi connectivity index (χ4n) is 4.80. The zero-order valence-electron chi connectivity index (χ0n) is 20.9. The van der Waals surface area contributed by atoms with Crippen LogP contribution in [0.25, 0.3) is 0 Å². The van der Waals surface area contributed by atoms with E-state index in [9.17, 15) is 19.5 Å². The Hall–Kier alpha value is -3.23. The molecule has 8 heteroatoms. The van der Waals surface area contributed by atoms with Crippen molar-refractivity contribution >= 4 is 39.5 Å². The molecule has 1 amide bonds. The second kappa shape index (κ2) is 11.0. The summed E-state index contributed by atoms with van der Waals surface area (Å²) >= 11 is 3.45. The first-order valence-electron chi connectivity index (χ1n) is 12.4. The lowest BCUT2D eigenvalue weighted by molar-refractivity contribution is -0.153. The number of ether oxygens (including phenoxy) is 2. The Balaban J connectivity index is 1.71. The average Bonchev–Trinajstić information content (AvgIpc) is 3.10. The van der Waals surface area contributed by atoms with Crippen molar-refractivity contribution in [2.24, 2.45) is 5.41 Å². The quantitative estimate of drug-likeness (QED) is 0.358. The van der Waals surface area contributed by atoms with E-state index >= 15 is 0 Å². The molecule has 2 aliphatic rings. The molecule has 0 bridgehead atoms. The van der Waals surface area contributed by atoms with E-state index in [-0.39, 0.29) is 26.1 Å². The van der Waals surface area contributed by atoms with Gasteiger partial charge in [0, 0.05) is 15.6 Å². The molecular weight excluding hydrogens is 538 g/mol. The van der Waals surface area contributed by atoms with Crippen LogP contribution in [0.4, 0.5) is 5.69 Å². The molecule has 194 valence electrons. The zero-order chi connectivity index (χ0) is 26.6. The summed E-state index contributed by atoms with van der Waals surface area (Å²) in [6.45, 7) is 4.21. The van der Waals surface area contributed by atoms with Crippen LogP contribution >= 0.6 is 15.9 Å². The lowest BCUT2D eigenvalue weighted by Crippen LogP contribution is -2.40. The fourth-order valence-corrected chi connectivity index (χ4v) is 5.16. The van der Waals surface area contributed by atoms with Crippen molar-refractivity contribution in [2.45, 2.75) is 45.3 Å². The second-order valence-corrected chi connectivity index (χ2v) is 10.1. The van der Waals surface area contributed by atoms with E-state index < -0.39 is 28.9 Å². The molecule has 0 aromatic heterocycles. The van der Waals surface area contributed by atoms with Gasteiger partial charge in [-0.25, -0.2) is 4.79 Å². The van der Waals surface area contributed by atoms with Crippen LogP contribution in [0.3, 0.4) is 0 Å². The van der Waals surface area contributed by atoms with Crippen molar-refractivity contribution in [1.82, 2.24) is 0 Å². The first kappa shape index (κ1) is 26.8. The number of rotatable bonds is 8. The van der Waals surface area contributed by atoms with Crippen LogP contribution in [0.1, 0.15) is 44.2 Å². The summed E-state index contributed by atoms with van der Waals surface area (Å²) < 4.78 is 11.2. The van der Waals surface area contributed by atoms with Crippen molar-refractivity contribution in [3.8, 4) is 0 Å². The van der Waals surface area contributed by atoms with Gasteiger partial charge in [-0.3, -0.25) is 9.59 Å². The van der Waals surface area contributed by atoms with Crippen molar-refractivity contribution in [3.63, 3.8) is 0 Å². The molecule has 1 N–H and O–H groups in total. The summed E-state index contributed by atoms with van der Waals surface area (Å²) in [4.78, 5) is 40.6. The minimum Gasteiger partial charge on any atom is -0.465 e. The third-order valence-electron chi connectivity index (χ3n) is 6.83. The maximum Gasteiger partial charge on any atom is 0.333 e. The third-order valence-corrected chi connectivity index (χ3v) is 7.32. The number of hydrogen-bond acceptors (Lipinski definition) is 6. The predicted octanol–water partition coefficient (Wildman–Crippen LogP) is 4.96. The maximum atomic E-state index is 13.7. The van der Waals surface area contributed by atoms with Crippen molar-refractivity contribution in [3.05, 3.63) is 87.9 Å². The van der Waals surface area contributed by atoms with Crippen molar-refractivity contribution in [1.29, 1.82) is 0 Å². The minimum absolute atomic E-state index is 0.187.